The summed E-state index contributed by atoms with van der Waals surface area (Å²) in [6, 6.07) is 2.72. The molecule has 0 spiro atoms. The molecule has 0 radical (unpaired) electrons. The lowest BCUT2D eigenvalue weighted by atomic mass is 9.82. The van der Waals surface area contributed by atoms with E-state index in [4.69, 9.17) is 4.74 Å². The Hall–Kier alpha value is -3.98. The first-order valence-electron chi connectivity index (χ1n) is 12.4. The quantitative estimate of drug-likeness (QED) is 0.423. The number of carbonyl (C=O) groups is 2. The van der Waals surface area contributed by atoms with Crippen molar-refractivity contribution in [2.45, 2.75) is 46.0 Å². The van der Waals surface area contributed by atoms with E-state index in [1.54, 1.807) is 11.0 Å². The van der Waals surface area contributed by atoms with Gasteiger partial charge >= 0.3 is 0 Å². The van der Waals surface area contributed by atoms with Crippen LogP contribution >= 0.6 is 11.3 Å². The van der Waals surface area contributed by atoms with Crippen LogP contribution in [0.1, 0.15) is 67.0 Å². The minimum Gasteiger partial charge on any atom is -0.494 e. The predicted octanol–water partition coefficient (Wildman–Crippen LogP) is 5.11. The van der Waals surface area contributed by atoms with Gasteiger partial charge in [-0.2, -0.15) is 0 Å². The van der Waals surface area contributed by atoms with E-state index in [1.807, 2.05) is 13.8 Å². The molecular weight excluding hydrogens is 526 g/mol. The van der Waals surface area contributed by atoms with Crippen molar-refractivity contribution in [2.75, 3.05) is 23.9 Å². The summed E-state index contributed by atoms with van der Waals surface area (Å²) in [5, 5.41) is 11.4. The van der Waals surface area contributed by atoms with Crippen molar-refractivity contribution in [2.24, 2.45) is 11.3 Å². The normalized spacial score (nSPS) is 16.6. The van der Waals surface area contributed by atoms with Crippen LogP contribution in [0.15, 0.2) is 24.5 Å². The molecule has 2 fully saturated rings. The van der Waals surface area contributed by atoms with Gasteiger partial charge in [-0.05, 0) is 42.7 Å². The number of piperidine rings is 1. The number of anilines is 2. The Bertz CT molecular complexity index is 1490. The topological polar surface area (TPSA) is 110 Å². The Labute approximate surface area is 228 Å². The van der Waals surface area contributed by atoms with Crippen LogP contribution in [0.2, 0.25) is 0 Å². The van der Waals surface area contributed by atoms with Crippen LogP contribution in [0, 0.1) is 23.2 Å². The van der Waals surface area contributed by atoms with Gasteiger partial charge in [0.05, 0.1) is 18.9 Å². The number of nitrogens with one attached hydrogen (secondary N) is 1. The molecule has 1 N–H and O–H groups in total. The smallest absolute Gasteiger partial charge is 0.280 e. The number of pyridine rings is 2. The van der Waals surface area contributed by atoms with Crippen molar-refractivity contribution in [3.05, 3.63) is 40.8 Å². The largest absolute Gasteiger partial charge is 0.494 e. The van der Waals surface area contributed by atoms with Gasteiger partial charge < -0.3 is 4.74 Å². The average molecular weight is 553 g/mol. The first kappa shape index (κ1) is 26.6. The zero-order chi connectivity index (χ0) is 27.7. The molecule has 0 unspecified atom stereocenters. The van der Waals surface area contributed by atoms with Crippen molar-refractivity contribution in [1.82, 2.24) is 20.2 Å². The number of rotatable bonds is 6. The summed E-state index contributed by atoms with van der Waals surface area (Å²) in [4.78, 5) is 36.1. The van der Waals surface area contributed by atoms with Gasteiger partial charge in [0, 0.05) is 36.2 Å². The molecule has 2 amide bonds. The van der Waals surface area contributed by atoms with Gasteiger partial charge in [-0.1, -0.05) is 31.1 Å². The van der Waals surface area contributed by atoms with E-state index < -0.39 is 18.0 Å². The standard InChI is InChI=1S/C27H26F2N6O3S/c1-27(2)8-9-35(23(36)12-27)21-11-16(17-10-19(24(28)29)30-14-20(17)38-3)18(13-31-21)25(37)32-26-34-33-22(39-26)7-6-15-4-5-15/h10-11,13-15,24H,4-5,8-9,12H2,1-3H3,(H,32,34,37). The molecule has 4 heterocycles. The molecule has 3 aromatic rings. The number of methoxy groups -OCH3 is 1. The van der Waals surface area contributed by atoms with E-state index in [0.29, 0.717) is 29.7 Å². The van der Waals surface area contributed by atoms with Crippen LogP contribution in [0.3, 0.4) is 0 Å². The lowest BCUT2D eigenvalue weighted by molar-refractivity contribution is -0.122. The number of alkyl halides is 2. The summed E-state index contributed by atoms with van der Waals surface area (Å²) in [5.74, 6) is 6.27. The maximum atomic E-state index is 13.6. The number of ether oxygens (including phenoxy) is 1. The van der Waals surface area contributed by atoms with Crippen molar-refractivity contribution in [3.8, 4) is 28.7 Å². The zero-order valence-corrected chi connectivity index (χ0v) is 22.4. The molecule has 39 heavy (non-hydrogen) atoms. The fourth-order valence-electron chi connectivity index (χ4n) is 4.20. The molecule has 0 bridgehead atoms. The van der Waals surface area contributed by atoms with Crippen LogP contribution in [0.4, 0.5) is 19.7 Å². The van der Waals surface area contributed by atoms with Gasteiger partial charge in [-0.25, -0.2) is 13.8 Å². The van der Waals surface area contributed by atoms with Crippen LogP contribution in [-0.4, -0.2) is 45.6 Å². The molecule has 0 aromatic carbocycles. The third-order valence-electron chi connectivity index (χ3n) is 6.58. The van der Waals surface area contributed by atoms with E-state index in [9.17, 15) is 18.4 Å². The van der Waals surface area contributed by atoms with E-state index in [1.165, 1.54) is 25.6 Å². The molecule has 5 rings (SSSR count). The average Bonchev–Trinajstić information content (AvgIpc) is 3.63. The molecule has 0 atom stereocenters. The third-order valence-corrected chi connectivity index (χ3v) is 7.34. The molecular formula is C27H26F2N6O3S. The molecule has 1 saturated heterocycles. The zero-order valence-electron chi connectivity index (χ0n) is 21.6. The Morgan fingerprint density at radius 2 is 2.00 bits per heavy atom. The van der Waals surface area contributed by atoms with Crippen LogP contribution in [0.5, 0.6) is 5.75 Å². The first-order valence-corrected chi connectivity index (χ1v) is 13.2. The molecule has 1 saturated carbocycles. The van der Waals surface area contributed by atoms with E-state index in [2.05, 4.69) is 37.3 Å². The van der Waals surface area contributed by atoms with Crippen LogP contribution in [-0.2, 0) is 4.79 Å². The van der Waals surface area contributed by atoms with Crippen molar-refractivity contribution in [1.29, 1.82) is 0 Å². The lowest BCUT2D eigenvalue weighted by Gasteiger charge is -2.36. The van der Waals surface area contributed by atoms with Crippen LogP contribution in [0.25, 0.3) is 11.1 Å². The fourth-order valence-corrected chi connectivity index (χ4v) is 4.80. The number of hydrogen-bond donors (Lipinski definition) is 1. The highest BCUT2D eigenvalue weighted by Crippen LogP contribution is 2.38. The molecule has 1 aliphatic heterocycles. The second kappa shape index (κ2) is 10.6. The minimum absolute atomic E-state index is 0.0778. The van der Waals surface area contributed by atoms with Crippen molar-refractivity contribution in [3.63, 3.8) is 0 Å². The number of amides is 2. The third kappa shape index (κ3) is 6.04. The second-order valence-electron chi connectivity index (χ2n) is 10.2. The van der Waals surface area contributed by atoms with Gasteiger partial charge in [-0.15, -0.1) is 10.2 Å². The molecule has 202 valence electrons. The molecule has 9 nitrogen and oxygen atoms in total. The van der Waals surface area contributed by atoms with E-state index >= 15 is 0 Å². The molecule has 2 aliphatic rings. The minimum atomic E-state index is -2.84. The fraction of sp³-hybridized carbons (Fsp3) is 0.407. The van der Waals surface area contributed by atoms with Gasteiger partial charge in [0.25, 0.3) is 12.3 Å². The van der Waals surface area contributed by atoms with Crippen LogP contribution < -0.4 is 15.0 Å². The number of hydrogen-bond acceptors (Lipinski definition) is 8. The Morgan fingerprint density at radius 1 is 1.21 bits per heavy atom. The van der Waals surface area contributed by atoms with Crippen molar-refractivity contribution < 1.29 is 23.1 Å². The number of aromatic nitrogens is 4. The maximum absolute atomic E-state index is 13.6. The van der Waals surface area contributed by atoms with Gasteiger partial charge in [0.2, 0.25) is 11.0 Å². The van der Waals surface area contributed by atoms with Gasteiger partial charge in [-0.3, -0.25) is 24.8 Å². The predicted molar refractivity (Wildman–Crippen MR) is 142 cm³/mol. The Balaban J connectivity index is 1.53. The summed E-state index contributed by atoms with van der Waals surface area (Å²) in [6.45, 7) is 4.49. The maximum Gasteiger partial charge on any atom is 0.280 e. The number of carbonyl (C=O) groups excluding carboxylic acids is 2. The highest BCUT2D eigenvalue weighted by molar-refractivity contribution is 7.15. The van der Waals surface area contributed by atoms with Crippen molar-refractivity contribution >= 4 is 34.1 Å². The summed E-state index contributed by atoms with van der Waals surface area (Å²) in [5.41, 5.74) is -0.0621. The lowest BCUT2D eigenvalue weighted by Crippen LogP contribution is -2.42. The Kier molecular flexibility index (Phi) is 7.27. The highest BCUT2D eigenvalue weighted by Gasteiger charge is 2.33. The molecule has 12 heteroatoms. The van der Waals surface area contributed by atoms with Gasteiger partial charge in [0.15, 0.2) is 5.01 Å². The summed E-state index contributed by atoms with van der Waals surface area (Å²) < 4.78 is 32.6. The number of nitrogens with zero attached hydrogens (tertiary/aromatic N) is 5. The summed E-state index contributed by atoms with van der Waals surface area (Å²) in [7, 11) is 1.38. The van der Waals surface area contributed by atoms with E-state index in [-0.39, 0.29) is 38.9 Å². The Morgan fingerprint density at radius 3 is 2.69 bits per heavy atom. The van der Waals surface area contributed by atoms with E-state index in [0.717, 1.165) is 30.6 Å². The molecule has 3 aromatic heterocycles. The second-order valence-corrected chi connectivity index (χ2v) is 11.2. The first-order chi connectivity index (χ1) is 18.6. The van der Waals surface area contributed by atoms with Gasteiger partial charge in [0.1, 0.15) is 17.3 Å². The summed E-state index contributed by atoms with van der Waals surface area (Å²) >= 11 is 1.13. The number of halogens is 2. The molecule has 1 aliphatic carbocycles. The summed E-state index contributed by atoms with van der Waals surface area (Å²) in [6.07, 6.45) is 2.92. The SMILES string of the molecule is COc1cnc(C(F)F)cc1-c1cc(N2CCC(C)(C)CC2=O)ncc1C(=O)Nc1nnc(C#CC2CC2)s1. The highest BCUT2D eigenvalue weighted by atomic mass is 32.1. The monoisotopic (exact) mass is 552 g/mol.